The highest BCUT2D eigenvalue weighted by Crippen LogP contribution is 2.23. The molecule has 2 aromatic carbocycles. The van der Waals surface area contributed by atoms with Crippen LogP contribution >= 0.6 is 0 Å². The van der Waals surface area contributed by atoms with Crippen molar-refractivity contribution in [3.05, 3.63) is 48.0 Å². The Morgan fingerprint density at radius 2 is 1.64 bits per heavy atom. The number of anilines is 3. The molecule has 0 aliphatic heterocycles. The van der Waals surface area contributed by atoms with Crippen molar-refractivity contribution in [1.29, 1.82) is 0 Å². The number of hydrogen-bond acceptors (Lipinski definition) is 8. The smallest absolute Gasteiger partial charge is 0.335 e. The van der Waals surface area contributed by atoms with E-state index in [2.05, 4.69) is 5.73 Å². The molecule has 0 heterocycles. The van der Waals surface area contributed by atoms with Gasteiger partial charge in [-0.1, -0.05) is 6.07 Å². The molecular weight excluding hydrogens is 388 g/mol. The van der Waals surface area contributed by atoms with Crippen LogP contribution in [0.25, 0.3) is 0 Å². The molecule has 0 unspecified atom stereocenters. The van der Waals surface area contributed by atoms with Gasteiger partial charge >= 0.3 is 5.97 Å². The van der Waals surface area contributed by atoms with Gasteiger partial charge in [0, 0.05) is 17.4 Å². The van der Waals surface area contributed by atoms with Crippen LogP contribution in [0.3, 0.4) is 0 Å². The molecule has 0 amide bonds. The molecule has 0 saturated carbocycles. The third-order valence-electron chi connectivity index (χ3n) is 2.98. The summed E-state index contributed by atoms with van der Waals surface area (Å²) in [5, 5.41) is 8.45. The first-order valence-electron chi connectivity index (χ1n) is 7.98. The third kappa shape index (κ3) is 10.9. The maximum atomic E-state index is 10.4. The molecule has 0 atom stereocenters. The number of aromatic carboxylic acids is 1. The van der Waals surface area contributed by atoms with E-state index in [-0.39, 0.29) is 24.3 Å². The molecule has 0 fully saturated rings. The van der Waals surface area contributed by atoms with Crippen LogP contribution in [0.2, 0.25) is 0 Å². The van der Waals surface area contributed by atoms with Gasteiger partial charge in [-0.2, -0.15) is 8.42 Å². The fraction of sp³-hybridized carbons (Fsp3) is 0.235. The molecule has 10 N–H and O–H groups in total. The molecule has 28 heavy (non-hydrogen) atoms. The Labute approximate surface area is 163 Å². The molecule has 0 aliphatic carbocycles. The summed E-state index contributed by atoms with van der Waals surface area (Å²) in [5.74, 6) is -0.877. The quantitative estimate of drug-likeness (QED) is 0.225. The fourth-order valence-corrected chi connectivity index (χ4v) is 2.25. The Morgan fingerprint density at radius 1 is 1.04 bits per heavy atom. The highest BCUT2D eigenvalue weighted by molar-refractivity contribution is 7.85. The van der Waals surface area contributed by atoms with Gasteiger partial charge in [-0.15, -0.1) is 0 Å². The summed E-state index contributed by atoms with van der Waals surface area (Å²) in [6.07, 6.45) is 0.188. The van der Waals surface area contributed by atoms with Crippen LogP contribution in [0.4, 0.5) is 17.1 Å². The van der Waals surface area contributed by atoms with E-state index in [1.807, 2.05) is 0 Å². The van der Waals surface area contributed by atoms with Crippen LogP contribution in [0.15, 0.2) is 42.5 Å². The van der Waals surface area contributed by atoms with Crippen LogP contribution < -0.4 is 27.7 Å². The number of rotatable bonds is 6. The van der Waals surface area contributed by atoms with Crippen molar-refractivity contribution in [1.82, 2.24) is 0 Å². The van der Waals surface area contributed by atoms with Gasteiger partial charge in [0.05, 0.1) is 23.6 Å². The molecule has 0 radical (unpaired) electrons. The number of nitrogens with two attached hydrogens (primary N) is 4. The van der Waals surface area contributed by atoms with Gasteiger partial charge in [-0.25, -0.2) is 4.79 Å². The van der Waals surface area contributed by atoms with E-state index in [1.165, 1.54) is 19.2 Å². The second-order valence-corrected chi connectivity index (χ2v) is 6.79. The minimum Gasteiger partial charge on any atom is -0.491 e. The molecule has 0 aliphatic rings. The van der Waals surface area contributed by atoms with E-state index in [1.54, 1.807) is 30.3 Å². The van der Waals surface area contributed by atoms with Crippen LogP contribution in [0, 0.1) is 0 Å². The number of benzene rings is 2. The van der Waals surface area contributed by atoms with Gasteiger partial charge in [0.15, 0.2) is 0 Å². The lowest BCUT2D eigenvalue weighted by molar-refractivity contribution is 0.0697. The molecule has 0 spiro atoms. The lowest BCUT2D eigenvalue weighted by atomic mass is 10.2. The summed E-state index contributed by atoms with van der Waals surface area (Å²) < 4.78 is 34.6. The van der Waals surface area contributed by atoms with Crippen molar-refractivity contribution in [3.8, 4) is 5.75 Å². The van der Waals surface area contributed by atoms with Crippen LogP contribution in [-0.4, -0.2) is 43.5 Å². The van der Waals surface area contributed by atoms with Crippen molar-refractivity contribution in [2.24, 2.45) is 5.73 Å². The zero-order valence-electron chi connectivity index (χ0n) is 15.4. The van der Waals surface area contributed by atoms with Crippen molar-refractivity contribution in [2.75, 3.05) is 36.6 Å². The van der Waals surface area contributed by atoms with E-state index < -0.39 is 16.1 Å². The van der Waals surface area contributed by atoms with E-state index in [9.17, 15) is 13.2 Å². The topological polar surface area (TPSA) is 205 Å². The van der Waals surface area contributed by atoms with Crippen LogP contribution in [-0.2, 0) is 10.1 Å². The largest absolute Gasteiger partial charge is 0.491 e. The van der Waals surface area contributed by atoms with Gasteiger partial charge in [-0.3, -0.25) is 4.55 Å². The number of hydrogen-bond donors (Lipinski definition) is 6. The number of carboxylic acids is 1. The van der Waals surface area contributed by atoms with Crippen molar-refractivity contribution in [2.45, 2.75) is 6.42 Å². The molecule has 2 rings (SSSR count). The molecule has 0 aromatic heterocycles. The molecular formula is C17H26N4O6S. The Morgan fingerprint density at radius 3 is 2.14 bits per heavy atom. The van der Waals surface area contributed by atoms with E-state index in [0.717, 1.165) is 0 Å². The number of carboxylic acid groups (broad SMARTS) is 1. The van der Waals surface area contributed by atoms with Gasteiger partial charge in [0.1, 0.15) is 5.75 Å². The first kappa shape index (κ1) is 25.0. The van der Waals surface area contributed by atoms with Crippen molar-refractivity contribution < 1.29 is 27.6 Å². The Balaban J connectivity index is 0.000000520. The maximum Gasteiger partial charge on any atom is 0.335 e. The second-order valence-electron chi connectivity index (χ2n) is 5.22. The summed E-state index contributed by atoms with van der Waals surface area (Å²) in [7, 11) is -2.43. The third-order valence-corrected chi connectivity index (χ3v) is 3.78. The summed E-state index contributed by atoms with van der Waals surface area (Å²) in [6.45, 7) is 0.146. The summed E-state index contributed by atoms with van der Waals surface area (Å²) in [5.41, 5.74) is 22.6. The molecule has 10 nitrogen and oxygen atoms in total. The van der Waals surface area contributed by atoms with Crippen molar-refractivity contribution in [3.63, 3.8) is 0 Å². The first-order valence-corrected chi connectivity index (χ1v) is 9.59. The molecule has 11 heteroatoms. The Kier molecular flexibility index (Phi) is 11.0. The number of ether oxygens (including phenoxy) is 1. The van der Waals surface area contributed by atoms with Gasteiger partial charge in [0.2, 0.25) is 0 Å². The van der Waals surface area contributed by atoms with E-state index in [4.69, 9.17) is 31.6 Å². The van der Waals surface area contributed by atoms with Gasteiger partial charge in [-0.05, 0) is 43.8 Å². The second kappa shape index (κ2) is 12.4. The monoisotopic (exact) mass is 414 g/mol. The van der Waals surface area contributed by atoms with Gasteiger partial charge < -0.3 is 32.8 Å². The molecule has 156 valence electrons. The van der Waals surface area contributed by atoms with Crippen LogP contribution in [0.1, 0.15) is 16.8 Å². The summed E-state index contributed by atoms with van der Waals surface area (Å²) >= 11 is 0. The minimum atomic E-state index is -3.93. The summed E-state index contributed by atoms with van der Waals surface area (Å²) in [4.78, 5) is 10.3. The zero-order valence-corrected chi connectivity index (χ0v) is 16.2. The van der Waals surface area contributed by atoms with Crippen molar-refractivity contribution >= 4 is 33.1 Å². The average molecular weight is 414 g/mol. The lowest BCUT2D eigenvalue weighted by Crippen LogP contribution is -2.09. The Hall–Kier alpha value is -3.02. The average Bonchev–Trinajstić information content (AvgIpc) is 2.63. The predicted molar refractivity (Wildman–Crippen MR) is 110 cm³/mol. The van der Waals surface area contributed by atoms with Gasteiger partial charge in [0.25, 0.3) is 10.1 Å². The Bertz CT molecular complexity index is 858. The highest BCUT2D eigenvalue weighted by Gasteiger charge is 2.05. The normalized spacial score (nSPS) is 9.96. The predicted octanol–water partition coefficient (Wildman–Crippen LogP) is 1.05. The molecule has 2 aromatic rings. The summed E-state index contributed by atoms with van der Waals surface area (Å²) in [6, 6.07) is 11.0. The zero-order chi connectivity index (χ0) is 21.7. The lowest BCUT2D eigenvalue weighted by Gasteiger charge is -2.08. The van der Waals surface area contributed by atoms with E-state index >= 15 is 0 Å². The number of nitrogen functional groups attached to an aromatic ring is 3. The van der Waals surface area contributed by atoms with E-state index in [0.29, 0.717) is 22.8 Å². The fourth-order valence-electron chi connectivity index (χ4n) is 1.77. The standard InChI is InChI=1S/C9H14N2O4S.C7H7NO2.CH5N/c10-7-2-3-8(11)9(6-7)15-4-1-5-16(12,13)14;8-6-3-1-2-5(4-6)7(9)10;1-2/h2-3,6H,1,4-5,10-11H2,(H,12,13,14);1-4H,8H2,(H,9,10);2H2,1H3. The first-order chi connectivity index (χ1) is 13.1. The highest BCUT2D eigenvalue weighted by atomic mass is 32.2. The maximum absolute atomic E-state index is 10.4. The van der Waals surface area contributed by atoms with Crippen LogP contribution in [0.5, 0.6) is 5.75 Å². The molecule has 0 bridgehead atoms. The number of carbonyl (C=O) groups is 1. The SMILES string of the molecule is CN.Nc1ccc(N)c(OCCCS(=O)(=O)O)c1.Nc1cccc(C(=O)O)c1. The molecule has 0 saturated heterocycles. The minimum absolute atomic E-state index is 0.146.